The van der Waals surface area contributed by atoms with Gasteiger partial charge in [-0.05, 0) is 37.6 Å². The third-order valence-corrected chi connectivity index (χ3v) is 4.79. The van der Waals surface area contributed by atoms with E-state index in [0.29, 0.717) is 6.61 Å². The Kier molecular flexibility index (Phi) is 5.83. The molecule has 0 spiro atoms. The molecular weight excluding hydrogens is 398 g/mol. The highest BCUT2D eigenvalue weighted by Gasteiger charge is 2.04. The Morgan fingerprint density at radius 2 is 2.12 bits per heavy atom. The number of ether oxygens (including phenoxy) is 1. The number of nitrogens with zero attached hydrogens (tertiary/aromatic N) is 2. The molecule has 1 aromatic heterocycles. The van der Waals surface area contributed by atoms with Gasteiger partial charge in [0.25, 0.3) is 0 Å². The topological polar surface area (TPSA) is 46.5 Å². The Morgan fingerprint density at radius 1 is 1.24 bits per heavy atom. The van der Waals surface area contributed by atoms with Crippen LogP contribution < -0.4 is 10.2 Å². The van der Waals surface area contributed by atoms with Crippen LogP contribution in [0.3, 0.4) is 0 Å². The lowest BCUT2D eigenvalue weighted by molar-refractivity contribution is 0.305. The first-order valence-corrected chi connectivity index (χ1v) is 9.46. The van der Waals surface area contributed by atoms with Gasteiger partial charge in [0, 0.05) is 15.4 Å². The first-order valence-electron chi connectivity index (χ1n) is 7.79. The second kappa shape index (κ2) is 8.27. The Balaban J connectivity index is 1.71. The molecule has 0 saturated heterocycles. The number of halogens is 1. The molecule has 0 aliphatic carbocycles. The second-order valence-corrected chi connectivity index (χ2v) is 7.40. The maximum absolute atomic E-state index is 5.99. The van der Waals surface area contributed by atoms with E-state index >= 15 is 0 Å². The number of aryl methyl sites for hydroxylation is 2. The summed E-state index contributed by atoms with van der Waals surface area (Å²) in [5.41, 5.74) is 7.18. The molecule has 128 valence electrons. The molecule has 3 aromatic rings. The number of nitrogens with one attached hydrogen (secondary N) is 1. The van der Waals surface area contributed by atoms with Gasteiger partial charge >= 0.3 is 0 Å². The Labute approximate surface area is 159 Å². The molecule has 25 heavy (non-hydrogen) atoms. The zero-order valence-corrected chi connectivity index (χ0v) is 16.4. The number of anilines is 1. The molecule has 0 aliphatic heterocycles. The van der Waals surface area contributed by atoms with Crippen LogP contribution >= 0.6 is 27.3 Å². The summed E-state index contributed by atoms with van der Waals surface area (Å²) >= 11 is 5.02. The third kappa shape index (κ3) is 5.14. The lowest BCUT2D eigenvalue weighted by Crippen LogP contribution is -1.99. The highest BCUT2D eigenvalue weighted by atomic mass is 79.9. The van der Waals surface area contributed by atoms with Crippen molar-refractivity contribution in [3.8, 4) is 5.75 Å². The van der Waals surface area contributed by atoms with Gasteiger partial charge in [0.15, 0.2) is 0 Å². The van der Waals surface area contributed by atoms with Crippen LogP contribution in [0.2, 0.25) is 0 Å². The minimum atomic E-state index is 0.517. The Hall–Kier alpha value is -2.18. The fraction of sp³-hybridized carbons (Fsp3) is 0.158. The monoisotopic (exact) mass is 415 g/mol. The highest BCUT2D eigenvalue weighted by molar-refractivity contribution is 9.10. The van der Waals surface area contributed by atoms with Crippen molar-refractivity contribution in [3.05, 3.63) is 74.7 Å². The quantitative estimate of drug-likeness (QED) is 0.424. The van der Waals surface area contributed by atoms with Crippen molar-refractivity contribution in [3.63, 3.8) is 0 Å². The van der Waals surface area contributed by atoms with Crippen molar-refractivity contribution in [2.75, 3.05) is 5.43 Å². The van der Waals surface area contributed by atoms with Crippen LogP contribution in [0.15, 0.2) is 57.4 Å². The predicted molar refractivity (Wildman–Crippen MR) is 108 cm³/mol. The molecule has 0 amide bonds. The van der Waals surface area contributed by atoms with Gasteiger partial charge in [0.05, 0.1) is 11.9 Å². The van der Waals surface area contributed by atoms with E-state index in [-0.39, 0.29) is 0 Å². The molecule has 0 aliphatic rings. The smallest absolute Gasteiger partial charge is 0.203 e. The number of thiazole rings is 1. The largest absolute Gasteiger partial charge is 0.488 e. The zero-order chi connectivity index (χ0) is 17.6. The van der Waals surface area contributed by atoms with E-state index in [4.69, 9.17) is 4.74 Å². The SMILES string of the molecule is Cc1cccc(COc2ccc(Br)cc2C=NNc2nc(C)cs2)c1. The van der Waals surface area contributed by atoms with Crippen LogP contribution in [0, 0.1) is 13.8 Å². The number of rotatable bonds is 6. The van der Waals surface area contributed by atoms with Crippen LogP contribution in [0.5, 0.6) is 5.75 Å². The average Bonchev–Trinajstić information content (AvgIpc) is 2.99. The summed E-state index contributed by atoms with van der Waals surface area (Å²) in [4.78, 5) is 4.32. The molecule has 2 aromatic carbocycles. The fourth-order valence-corrected chi connectivity index (χ4v) is 3.29. The van der Waals surface area contributed by atoms with Crippen molar-refractivity contribution in [2.45, 2.75) is 20.5 Å². The highest BCUT2D eigenvalue weighted by Crippen LogP contribution is 2.23. The molecule has 0 atom stereocenters. The summed E-state index contributed by atoms with van der Waals surface area (Å²) in [6.07, 6.45) is 1.74. The summed E-state index contributed by atoms with van der Waals surface area (Å²) in [7, 11) is 0. The predicted octanol–water partition coefficient (Wildman–Crippen LogP) is 5.55. The number of aromatic nitrogens is 1. The molecule has 0 radical (unpaired) electrons. The molecule has 0 bridgehead atoms. The summed E-state index contributed by atoms with van der Waals surface area (Å²) in [6.45, 7) is 4.55. The van der Waals surface area contributed by atoms with Gasteiger partial charge in [-0.1, -0.05) is 45.8 Å². The van der Waals surface area contributed by atoms with Gasteiger partial charge in [-0.2, -0.15) is 5.10 Å². The Morgan fingerprint density at radius 3 is 2.88 bits per heavy atom. The van der Waals surface area contributed by atoms with Gasteiger partial charge in [-0.3, -0.25) is 5.43 Å². The van der Waals surface area contributed by atoms with Crippen molar-refractivity contribution >= 4 is 38.6 Å². The lowest BCUT2D eigenvalue weighted by atomic mass is 10.1. The zero-order valence-electron chi connectivity index (χ0n) is 14.0. The van der Waals surface area contributed by atoms with Gasteiger partial charge in [0.2, 0.25) is 5.13 Å². The van der Waals surface area contributed by atoms with Crippen LogP contribution in [0.25, 0.3) is 0 Å². The average molecular weight is 416 g/mol. The maximum Gasteiger partial charge on any atom is 0.203 e. The van der Waals surface area contributed by atoms with E-state index in [1.54, 1.807) is 6.21 Å². The van der Waals surface area contributed by atoms with E-state index in [9.17, 15) is 0 Å². The number of hydrazone groups is 1. The van der Waals surface area contributed by atoms with Gasteiger partial charge in [-0.25, -0.2) is 4.98 Å². The molecule has 0 unspecified atom stereocenters. The molecule has 4 nitrogen and oxygen atoms in total. The summed E-state index contributed by atoms with van der Waals surface area (Å²) < 4.78 is 6.96. The Bertz CT molecular complexity index is 892. The normalized spacial score (nSPS) is 11.0. The maximum atomic E-state index is 5.99. The van der Waals surface area contributed by atoms with Crippen molar-refractivity contribution in [2.24, 2.45) is 5.10 Å². The van der Waals surface area contributed by atoms with Gasteiger partial charge < -0.3 is 4.74 Å². The molecule has 3 rings (SSSR count). The van der Waals surface area contributed by atoms with E-state index in [2.05, 4.69) is 56.6 Å². The van der Waals surface area contributed by atoms with E-state index in [0.717, 1.165) is 32.2 Å². The van der Waals surface area contributed by atoms with Crippen molar-refractivity contribution in [1.29, 1.82) is 0 Å². The van der Waals surface area contributed by atoms with Crippen molar-refractivity contribution in [1.82, 2.24) is 4.98 Å². The number of benzene rings is 2. The molecule has 1 N–H and O–H groups in total. The molecular formula is C19H18BrN3OS. The first kappa shape index (κ1) is 17.6. The fourth-order valence-electron chi connectivity index (χ4n) is 2.28. The molecule has 1 heterocycles. The second-order valence-electron chi connectivity index (χ2n) is 5.62. The van der Waals surface area contributed by atoms with Gasteiger partial charge in [0.1, 0.15) is 12.4 Å². The van der Waals surface area contributed by atoms with Crippen molar-refractivity contribution < 1.29 is 4.74 Å². The van der Waals surface area contributed by atoms with Crippen LogP contribution in [0.1, 0.15) is 22.4 Å². The number of hydrogen-bond donors (Lipinski definition) is 1. The minimum absolute atomic E-state index is 0.517. The standard InChI is InChI=1S/C19H18BrN3OS/c1-13-4-3-5-15(8-13)11-24-18-7-6-17(20)9-16(18)10-21-23-19-22-14(2)12-25-19/h3-10,12H,11H2,1-2H3,(H,22,23). The summed E-state index contributed by atoms with van der Waals surface area (Å²) in [5.74, 6) is 0.783. The van der Waals surface area contributed by atoms with E-state index in [1.807, 2.05) is 36.6 Å². The molecule has 0 fully saturated rings. The molecule has 6 heteroatoms. The first-order chi connectivity index (χ1) is 12.1. The lowest BCUT2D eigenvalue weighted by Gasteiger charge is -2.10. The molecule has 0 saturated carbocycles. The third-order valence-electron chi connectivity index (χ3n) is 3.43. The minimum Gasteiger partial charge on any atom is -0.488 e. The van der Waals surface area contributed by atoms with Crippen LogP contribution in [0.4, 0.5) is 5.13 Å². The number of hydrogen-bond acceptors (Lipinski definition) is 5. The van der Waals surface area contributed by atoms with E-state index in [1.165, 1.54) is 16.9 Å². The summed E-state index contributed by atoms with van der Waals surface area (Å²) in [5, 5.41) is 7.02. The van der Waals surface area contributed by atoms with Crippen LogP contribution in [-0.2, 0) is 6.61 Å². The summed E-state index contributed by atoms with van der Waals surface area (Å²) in [6, 6.07) is 14.2. The van der Waals surface area contributed by atoms with Gasteiger partial charge in [-0.15, -0.1) is 11.3 Å². The van der Waals surface area contributed by atoms with Crippen LogP contribution in [-0.4, -0.2) is 11.2 Å². The van der Waals surface area contributed by atoms with E-state index < -0.39 is 0 Å².